The molecule has 0 radical (unpaired) electrons. The van der Waals surface area contributed by atoms with Gasteiger partial charge >= 0.3 is 12.1 Å². The first kappa shape index (κ1) is 14.0. The molecule has 0 saturated carbocycles. The molecule has 1 aromatic heterocycles. The van der Waals surface area contributed by atoms with Gasteiger partial charge in [-0.15, -0.1) is 0 Å². The number of alkyl carbamates (subject to hydrolysis) is 1. The predicted octanol–water partition coefficient (Wildman–Crippen LogP) is 1.20. The maximum Gasteiger partial charge on any atom is 0.408 e. The van der Waals surface area contributed by atoms with Crippen LogP contribution in [0.5, 0.6) is 0 Å². The van der Waals surface area contributed by atoms with Gasteiger partial charge in [-0.1, -0.05) is 0 Å². The van der Waals surface area contributed by atoms with Crippen molar-refractivity contribution in [2.45, 2.75) is 38.8 Å². The Bertz CT molecular complexity index is 408. The molecule has 2 N–H and O–H groups in total. The summed E-state index contributed by atoms with van der Waals surface area (Å²) >= 11 is 0. The Labute approximate surface area is 104 Å². The molecule has 0 bridgehead atoms. The second-order valence-electron chi connectivity index (χ2n) is 4.71. The van der Waals surface area contributed by atoms with Gasteiger partial charge in [-0.2, -0.15) is 0 Å². The number of carboxylic acid groups (broad SMARTS) is 1. The Morgan fingerprint density at radius 3 is 2.67 bits per heavy atom. The molecule has 0 spiro atoms. The molecular weight excluding hydrogens is 240 g/mol. The Morgan fingerprint density at radius 1 is 1.56 bits per heavy atom. The standard InChI is InChI=1S/C11H16N2O5/c1-11(2,3)18-10(16)13-8(9(14)15)4-7-5-12-6-17-7/h5-6,8H,4H2,1-3H3,(H,13,16)(H,14,15)/t8-/m0/s1. The maximum atomic E-state index is 11.5. The number of aliphatic carboxylic acids is 1. The Hall–Kier alpha value is -2.05. The van der Waals surface area contributed by atoms with E-state index < -0.39 is 23.7 Å². The highest BCUT2D eigenvalue weighted by molar-refractivity contribution is 5.80. The quantitative estimate of drug-likeness (QED) is 0.839. The lowest BCUT2D eigenvalue weighted by molar-refractivity contribution is -0.139. The summed E-state index contributed by atoms with van der Waals surface area (Å²) in [5, 5.41) is 11.2. The van der Waals surface area contributed by atoms with E-state index in [1.165, 1.54) is 12.6 Å². The molecule has 100 valence electrons. The summed E-state index contributed by atoms with van der Waals surface area (Å²) in [5.74, 6) is -0.796. The first-order valence-electron chi connectivity index (χ1n) is 5.37. The fourth-order valence-corrected chi connectivity index (χ4v) is 1.19. The zero-order valence-corrected chi connectivity index (χ0v) is 10.5. The number of hydrogen-bond acceptors (Lipinski definition) is 5. The summed E-state index contributed by atoms with van der Waals surface area (Å²) in [6, 6.07) is -1.12. The summed E-state index contributed by atoms with van der Waals surface area (Å²) in [6.07, 6.45) is 1.82. The minimum atomic E-state index is -1.17. The number of carbonyl (C=O) groups is 2. The third-order valence-electron chi connectivity index (χ3n) is 1.88. The van der Waals surface area contributed by atoms with E-state index in [1.807, 2.05) is 0 Å². The van der Waals surface area contributed by atoms with Crippen molar-refractivity contribution in [2.75, 3.05) is 0 Å². The van der Waals surface area contributed by atoms with E-state index in [0.717, 1.165) is 0 Å². The molecule has 0 aliphatic carbocycles. The highest BCUT2D eigenvalue weighted by atomic mass is 16.6. The summed E-state index contributed by atoms with van der Waals surface area (Å²) in [4.78, 5) is 26.1. The molecule has 0 aliphatic heterocycles. The average Bonchev–Trinajstić information content (AvgIpc) is 2.66. The van der Waals surface area contributed by atoms with Gasteiger partial charge in [0, 0.05) is 6.42 Å². The number of oxazole rings is 1. The molecule has 0 fully saturated rings. The minimum Gasteiger partial charge on any atom is -0.480 e. The molecule has 1 atom stereocenters. The molecule has 0 saturated heterocycles. The minimum absolute atomic E-state index is 0.00851. The first-order chi connectivity index (χ1) is 8.28. The number of nitrogens with zero attached hydrogens (tertiary/aromatic N) is 1. The Balaban J connectivity index is 2.58. The molecule has 1 amide bonds. The van der Waals surface area contributed by atoms with Gasteiger partial charge in [0.2, 0.25) is 0 Å². The van der Waals surface area contributed by atoms with E-state index in [-0.39, 0.29) is 6.42 Å². The van der Waals surface area contributed by atoms with E-state index in [9.17, 15) is 9.59 Å². The van der Waals surface area contributed by atoms with Crippen molar-refractivity contribution in [3.8, 4) is 0 Å². The summed E-state index contributed by atoms with van der Waals surface area (Å²) in [6.45, 7) is 5.08. The zero-order valence-electron chi connectivity index (χ0n) is 10.5. The Morgan fingerprint density at radius 2 is 2.22 bits per heavy atom. The van der Waals surface area contributed by atoms with Crippen LogP contribution in [0, 0.1) is 0 Å². The molecule has 0 aliphatic rings. The monoisotopic (exact) mass is 256 g/mol. The molecular formula is C11H16N2O5. The van der Waals surface area contributed by atoms with E-state index in [1.54, 1.807) is 20.8 Å². The third kappa shape index (κ3) is 4.86. The molecule has 7 heteroatoms. The highest BCUT2D eigenvalue weighted by Gasteiger charge is 2.25. The molecule has 1 aromatic rings. The second-order valence-corrected chi connectivity index (χ2v) is 4.71. The van der Waals surface area contributed by atoms with Crippen LogP contribution in [0.3, 0.4) is 0 Å². The lowest BCUT2D eigenvalue weighted by atomic mass is 10.2. The number of aromatic nitrogens is 1. The van der Waals surface area contributed by atoms with Gasteiger partial charge in [-0.3, -0.25) is 0 Å². The van der Waals surface area contributed by atoms with Crippen molar-refractivity contribution in [3.63, 3.8) is 0 Å². The lowest BCUT2D eigenvalue weighted by Gasteiger charge is -2.21. The SMILES string of the molecule is CC(C)(C)OC(=O)N[C@@H](Cc1cnco1)C(=O)O. The molecule has 18 heavy (non-hydrogen) atoms. The molecule has 0 aromatic carbocycles. The number of nitrogens with one attached hydrogen (secondary N) is 1. The average molecular weight is 256 g/mol. The predicted molar refractivity (Wildman–Crippen MR) is 61.0 cm³/mol. The number of amides is 1. The molecule has 1 rings (SSSR count). The van der Waals surface area contributed by atoms with Gasteiger partial charge in [0.25, 0.3) is 0 Å². The van der Waals surface area contributed by atoms with Crippen molar-refractivity contribution in [3.05, 3.63) is 18.4 Å². The van der Waals surface area contributed by atoms with E-state index in [4.69, 9.17) is 14.3 Å². The van der Waals surface area contributed by atoms with Crippen LogP contribution in [0.1, 0.15) is 26.5 Å². The van der Waals surface area contributed by atoms with Crippen LogP contribution >= 0.6 is 0 Å². The van der Waals surface area contributed by atoms with Crippen LogP contribution < -0.4 is 5.32 Å². The molecule has 7 nitrogen and oxygen atoms in total. The number of rotatable bonds is 4. The van der Waals surface area contributed by atoms with Crippen LogP contribution in [0.15, 0.2) is 17.0 Å². The second kappa shape index (κ2) is 5.52. The number of carbonyl (C=O) groups excluding carboxylic acids is 1. The summed E-state index contributed by atoms with van der Waals surface area (Å²) in [5.41, 5.74) is -0.681. The van der Waals surface area contributed by atoms with Crippen molar-refractivity contribution in [1.29, 1.82) is 0 Å². The first-order valence-corrected chi connectivity index (χ1v) is 5.37. The van der Waals surface area contributed by atoms with Crippen LogP contribution in [0.25, 0.3) is 0 Å². The van der Waals surface area contributed by atoms with Crippen LogP contribution in [-0.2, 0) is 16.0 Å². The lowest BCUT2D eigenvalue weighted by Crippen LogP contribution is -2.44. The summed E-state index contributed by atoms with van der Waals surface area (Å²) in [7, 11) is 0. The highest BCUT2D eigenvalue weighted by Crippen LogP contribution is 2.08. The number of carboxylic acids is 1. The topological polar surface area (TPSA) is 102 Å². The number of hydrogen-bond donors (Lipinski definition) is 2. The van der Waals surface area contributed by atoms with Crippen molar-refractivity contribution in [2.24, 2.45) is 0 Å². The van der Waals surface area contributed by atoms with Gasteiger partial charge in [-0.05, 0) is 20.8 Å². The van der Waals surface area contributed by atoms with E-state index in [2.05, 4.69) is 10.3 Å². The van der Waals surface area contributed by atoms with Crippen molar-refractivity contribution >= 4 is 12.1 Å². The third-order valence-corrected chi connectivity index (χ3v) is 1.88. The van der Waals surface area contributed by atoms with Crippen molar-refractivity contribution in [1.82, 2.24) is 10.3 Å². The Kier molecular flexibility index (Phi) is 4.30. The maximum absolute atomic E-state index is 11.5. The van der Waals surface area contributed by atoms with Gasteiger partial charge in [0.05, 0.1) is 6.20 Å². The van der Waals surface area contributed by atoms with E-state index in [0.29, 0.717) is 5.76 Å². The van der Waals surface area contributed by atoms with Gasteiger partial charge in [-0.25, -0.2) is 14.6 Å². The van der Waals surface area contributed by atoms with Crippen LogP contribution in [0.2, 0.25) is 0 Å². The normalized spacial score (nSPS) is 12.8. The van der Waals surface area contributed by atoms with Gasteiger partial charge in [0.1, 0.15) is 17.4 Å². The summed E-state index contributed by atoms with van der Waals surface area (Å²) < 4.78 is 9.91. The fourth-order valence-electron chi connectivity index (χ4n) is 1.19. The van der Waals surface area contributed by atoms with Crippen LogP contribution in [-0.4, -0.2) is 33.8 Å². The smallest absolute Gasteiger partial charge is 0.408 e. The van der Waals surface area contributed by atoms with Gasteiger partial charge in [0.15, 0.2) is 6.39 Å². The van der Waals surface area contributed by atoms with Crippen LogP contribution in [0.4, 0.5) is 4.79 Å². The largest absolute Gasteiger partial charge is 0.480 e. The van der Waals surface area contributed by atoms with Crippen molar-refractivity contribution < 1.29 is 23.8 Å². The van der Waals surface area contributed by atoms with Gasteiger partial charge < -0.3 is 19.6 Å². The molecule has 0 unspecified atom stereocenters. The fraction of sp³-hybridized carbons (Fsp3) is 0.545. The van der Waals surface area contributed by atoms with E-state index >= 15 is 0 Å². The number of ether oxygens (including phenoxy) is 1. The zero-order chi connectivity index (χ0) is 13.8. The molecule has 1 heterocycles.